The van der Waals surface area contributed by atoms with E-state index in [1.807, 2.05) is 6.07 Å². The largest absolute Gasteiger partial charge is 0.228 e. The minimum absolute atomic E-state index is 0.449. The van der Waals surface area contributed by atoms with Crippen LogP contribution in [-0.2, 0) is 6.42 Å². The molecule has 24 heavy (non-hydrogen) atoms. The summed E-state index contributed by atoms with van der Waals surface area (Å²) in [6.07, 6.45) is 6.33. The molecule has 4 heteroatoms. The molecule has 1 aromatic carbocycles. The second kappa shape index (κ2) is 6.66. The average molecular weight is 358 g/mol. The topological polar surface area (TPSA) is 12.9 Å². The van der Waals surface area contributed by atoms with Crippen LogP contribution in [0.4, 0.5) is 4.39 Å². The molecule has 1 aliphatic rings. The van der Waals surface area contributed by atoms with Crippen LogP contribution in [0.5, 0.6) is 0 Å². The third kappa shape index (κ3) is 3.24. The van der Waals surface area contributed by atoms with Crippen molar-refractivity contribution in [2.45, 2.75) is 31.6 Å². The van der Waals surface area contributed by atoms with E-state index in [1.54, 1.807) is 23.6 Å². The maximum absolute atomic E-state index is 13.0. The smallest absolute Gasteiger partial charge is 0.212 e. The molecule has 2 aromatic heterocycles. The first-order chi connectivity index (χ1) is 11.7. The van der Waals surface area contributed by atoms with E-state index in [2.05, 4.69) is 29.2 Å². The van der Waals surface area contributed by atoms with Crippen molar-refractivity contribution >= 4 is 22.9 Å². The Balaban J connectivity index is 1.56. The molecule has 2 heterocycles. The van der Waals surface area contributed by atoms with Crippen LogP contribution in [0.2, 0.25) is 5.02 Å². The minimum Gasteiger partial charge on any atom is -0.228 e. The van der Waals surface area contributed by atoms with Gasteiger partial charge in [0.2, 0.25) is 5.95 Å². The Labute approximate surface area is 150 Å². The Hall–Kier alpha value is -1.71. The molecule has 0 saturated heterocycles. The number of nitrogens with zero attached hydrogens (tertiary/aromatic N) is 1. The number of rotatable bonds is 4. The molecule has 1 nitrogen and oxygen atoms in total. The van der Waals surface area contributed by atoms with E-state index in [9.17, 15) is 4.39 Å². The van der Waals surface area contributed by atoms with Crippen molar-refractivity contribution in [1.82, 2.24) is 4.98 Å². The lowest BCUT2D eigenvalue weighted by atomic mass is 9.79. The molecule has 1 saturated carbocycles. The molecule has 1 aliphatic carbocycles. The van der Waals surface area contributed by atoms with Gasteiger partial charge in [-0.3, -0.25) is 0 Å². The summed E-state index contributed by atoms with van der Waals surface area (Å²) in [6, 6.07) is 13.8. The van der Waals surface area contributed by atoms with Gasteiger partial charge in [0.25, 0.3) is 0 Å². The summed E-state index contributed by atoms with van der Waals surface area (Å²) in [6.45, 7) is 0. The Morgan fingerprint density at radius 2 is 2.00 bits per heavy atom. The fourth-order valence-electron chi connectivity index (χ4n) is 3.06. The molecule has 0 unspecified atom stereocenters. The van der Waals surface area contributed by atoms with Crippen LogP contribution in [0.1, 0.15) is 41.2 Å². The lowest BCUT2D eigenvalue weighted by Gasteiger charge is -2.26. The molecular weight excluding hydrogens is 341 g/mol. The fourth-order valence-corrected chi connectivity index (χ4v) is 4.27. The van der Waals surface area contributed by atoms with Crippen molar-refractivity contribution in [3.8, 4) is 10.4 Å². The van der Waals surface area contributed by atoms with Gasteiger partial charge in [-0.05, 0) is 60.2 Å². The highest BCUT2D eigenvalue weighted by atomic mass is 35.5. The molecule has 1 fully saturated rings. The van der Waals surface area contributed by atoms with Crippen molar-refractivity contribution in [2.24, 2.45) is 0 Å². The van der Waals surface area contributed by atoms with Gasteiger partial charge in [0.05, 0.1) is 0 Å². The van der Waals surface area contributed by atoms with Gasteiger partial charge in [-0.1, -0.05) is 30.2 Å². The molecule has 0 radical (unpaired) electrons. The lowest BCUT2D eigenvalue weighted by Crippen LogP contribution is -2.09. The van der Waals surface area contributed by atoms with Crippen LogP contribution in [0, 0.1) is 5.95 Å². The first-order valence-electron chi connectivity index (χ1n) is 8.18. The van der Waals surface area contributed by atoms with Gasteiger partial charge < -0.3 is 0 Å². The van der Waals surface area contributed by atoms with E-state index >= 15 is 0 Å². The van der Waals surface area contributed by atoms with E-state index in [0.717, 1.165) is 21.9 Å². The highest BCUT2D eigenvalue weighted by Gasteiger charge is 2.20. The van der Waals surface area contributed by atoms with Crippen LogP contribution >= 0.6 is 22.9 Å². The zero-order valence-electron chi connectivity index (χ0n) is 13.1. The molecule has 3 aromatic rings. The number of benzene rings is 1. The Morgan fingerprint density at radius 3 is 2.71 bits per heavy atom. The molecule has 0 atom stereocenters. The molecule has 122 valence electrons. The minimum atomic E-state index is -0.449. The highest BCUT2D eigenvalue weighted by Crippen LogP contribution is 2.38. The van der Waals surface area contributed by atoms with E-state index < -0.39 is 5.95 Å². The van der Waals surface area contributed by atoms with E-state index in [0.29, 0.717) is 5.92 Å². The van der Waals surface area contributed by atoms with Crippen molar-refractivity contribution in [3.05, 3.63) is 75.6 Å². The second-order valence-corrected chi connectivity index (χ2v) is 7.87. The molecule has 0 aliphatic heterocycles. The number of halogens is 2. The summed E-state index contributed by atoms with van der Waals surface area (Å²) in [5.41, 5.74) is 3.55. The fraction of sp³-hybridized carbons (Fsp3) is 0.250. The third-order valence-corrected chi connectivity index (χ3v) is 6.19. The summed E-state index contributed by atoms with van der Waals surface area (Å²) in [5, 5.41) is 0.830. The van der Waals surface area contributed by atoms with Crippen molar-refractivity contribution < 1.29 is 4.39 Å². The molecular formula is C20H17ClFNS. The van der Waals surface area contributed by atoms with Crippen molar-refractivity contribution in [3.63, 3.8) is 0 Å². The van der Waals surface area contributed by atoms with Crippen molar-refractivity contribution in [2.75, 3.05) is 0 Å². The van der Waals surface area contributed by atoms with Gasteiger partial charge in [0.15, 0.2) is 0 Å². The van der Waals surface area contributed by atoms with Crippen LogP contribution in [-0.4, -0.2) is 4.98 Å². The maximum atomic E-state index is 13.0. The highest BCUT2D eigenvalue weighted by molar-refractivity contribution is 7.15. The quantitative estimate of drug-likeness (QED) is 0.488. The van der Waals surface area contributed by atoms with Gasteiger partial charge >= 0.3 is 0 Å². The molecule has 0 spiro atoms. The van der Waals surface area contributed by atoms with Crippen molar-refractivity contribution in [1.29, 1.82) is 0 Å². The predicted octanol–water partition coefficient (Wildman–Crippen LogP) is 6.46. The van der Waals surface area contributed by atoms with Gasteiger partial charge in [-0.15, -0.1) is 11.3 Å². The van der Waals surface area contributed by atoms with Crippen LogP contribution < -0.4 is 0 Å². The summed E-state index contributed by atoms with van der Waals surface area (Å²) in [4.78, 5) is 6.08. The van der Waals surface area contributed by atoms with Gasteiger partial charge in [-0.2, -0.15) is 4.39 Å². The second-order valence-electron chi connectivity index (χ2n) is 6.29. The molecule has 0 bridgehead atoms. The summed E-state index contributed by atoms with van der Waals surface area (Å²) in [7, 11) is 0. The zero-order chi connectivity index (χ0) is 16.5. The lowest BCUT2D eigenvalue weighted by molar-refractivity contribution is 0.419. The number of aromatic nitrogens is 1. The van der Waals surface area contributed by atoms with Crippen LogP contribution in [0.3, 0.4) is 0 Å². The molecule has 4 rings (SSSR count). The number of hydrogen-bond donors (Lipinski definition) is 0. The van der Waals surface area contributed by atoms with E-state index in [4.69, 9.17) is 11.6 Å². The Kier molecular flexibility index (Phi) is 4.38. The van der Waals surface area contributed by atoms with Crippen LogP contribution in [0.25, 0.3) is 10.4 Å². The van der Waals surface area contributed by atoms with E-state index in [1.165, 1.54) is 41.3 Å². The predicted molar refractivity (Wildman–Crippen MR) is 98.4 cm³/mol. The normalized spacial score (nSPS) is 14.6. The SMILES string of the molecule is Fc1ccc(-c2ccc(Cc3cc(C4CCC4)ccc3Cl)s2)cn1. The Bertz CT molecular complexity index is 852. The summed E-state index contributed by atoms with van der Waals surface area (Å²) in [5.74, 6) is 0.264. The average Bonchev–Trinajstić information content (AvgIpc) is 2.98. The zero-order valence-corrected chi connectivity index (χ0v) is 14.7. The van der Waals surface area contributed by atoms with Gasteiger partial charge in [0, 0.05) is 33.0 Å². The monoisotopic (exact) mass is 357 g/mol. The number of hydrogen-bond acceptors (Lipinski definition) is 2. The summed E-state index contributed by atoms with van der Waals surface area (Å²) < 4.78 is 13.0. The first-order valence-corrected chi connectivity index (χ1v) is 9.37. The van der Waals surface area contributed by atoms with Gasteiger partial charge in [-0.25, -0.2) is 4.98 Å². The molecule has 0 amide bonds. The first kappa shape index (κ1) is 15.8. The number of thiophene rings is 1. The van der Waals surface area contributed by atoms with Crippen LogP contribution in [0.15, 0.2) is 48.7 Å². The summed E-state index contributed by atoms with van der Waals surface area (Å²) >= 11 is 8.11. The van der Waals surface area contributed by atoms with E-state index in [-0.39, 0.29) is 0 Å². The van der Waals surface area contributed by atoms with Gasteiger partial charge in [0.1, 0.15) is 0 Å². The molecule has 0 N–H and O–H groups in total. The standard InChI is InChI=1S/C20H17ClFNS/c21-18-7-4-14(13-2-1-3-13)10-16(18)11-17-6-8-19(24-17)15-5-9-20(22)23-12-15/h4-10,12-13H,1-3,11H2. The third-order valence-electron chi connectivity index (χ3n) is 4.68. The Morgan fingerprint density at radius 1 is 1.12 bits per heavy atom. The maximum Gasteiger partial charge on any atom is 0.212 e. The number of pyridine rings is 1.